The predicted molar refractivity (Wildman–Crippen MR) is 68.3 cm³/mol. The molecule has 0 saturated carbocycles. The minimum atomic E-state index is -1.58. The van der Waals surface area contributed by atoms with E-state index < -0.39 is 7.90 Å². The minimum Gasteiger partial charge on any atom is -0.447 e. The van der Waals surface area contributed by atoms with E-state index in [4.69, 9.17) is 39.5 Å². The van der Waals surface area contributed by atoms with Crippen molar-refractivity contribution in [3.05, 3.63) is 0 Å². The molecule has 0 N–H and O–H groups in total. The van der Waals surface area contributed by atoms with Crippen LogP contribution in [0.4, 0.5) is 0 Å². The first kappa shape index (κ1) is 15.1. The summed E-state index contributed by atoms with van der Waals surface area (Å²) in [4.78, 5) is 11.3. The summed E-state index contributed by atoms with van der Waals surface area (Å²) in [5, 5.41) is 0. The molecule has 0 aromatic heterocycles. The molecule has 14 heavy (non-hydrogen) atoms. The molecule has 1 atom stereocenters. The lowest BCUT2D eigenvalue weighted by Gasteiger charge is -2.22. The molecule has 84 valence electrons. The molecule has 0 bridgehead atoms. The van der Waals surface area contributed by atoms with Crippen LogP contribution in [-0.4, -0.2) is 13.9 Å². The summed E-state index contributed by atoms with van der Waals surface area (Å²) in [6, 6.07) is 0. The third-order valence-electron chi connectivity index (χ3n) is 1.17. The minimum absolute atomic E-state index is 0.124. The van der Waals surface area contributed by atoms with Gasteiger partial charge in [0.1, 0.15) is 0 Å². The first-order valence-corrected chi connectivity index (χ1v) is 6.30. The molecule has 0 aliphatic rings. The van der Waals surface area contributed by atoms with Crippen LogP contribution in [0.1, 0.15) is 27.2 Å². The van der Waals surface area contributed by atoms with E-state index in [1.807, 2.05) is 20.8 Å². The van der Waals surface area contributed by atoms with Gasteiger partial charge >= 0.3 is 5.97 Å². The molecule has 0 radical (unpaired) electrons. The number of alkyl halides is 4. The van der Waals surface area contributed by atoms with Crippen LogP contribution in [0.5, 0.6) is 0 Å². The number of hydrogen-bond donors (Lipinski definition) is 0. The third kappa shape index (κ3) is 7.37. The number of halogens is 4. The second kappa shape index (κ2) is 5.41. The number of hydrogen-bond acceptors (Lipinski definition) is 2. The predicted octanol–water partition coefficient (Wildman–Crippen LogP) is 4.10. The first-order valence-electron chi connectivity index (χ1n) is 3.92. The fraction of sp³-hybridized carbons (Fsp3) is 0.875. The van der Waals surface area contributed by atoms with E-state index in [0.717, 1.165) is 0 Å². The van der Waals surface area contributed by atoms with Gasteiger partial charge in [-0.05, 0) is 28.0 Å². The lowest BCUT2D eigenvalue weighted by molar-refractivity contribution is -0.146. The molecule has 6 heteroatoms. The monoisotopic (exact) mass is 372 g/mol. The van der Waals surface area contributed by atoms with Crippen molar-refractivity contribution in [2.75, 3.05) is 0 Å². The van der Waals surface area contributed by atoms with Crippen molar-refractivity contribution < 1.29 is 9.53 Å². The maximum Gasteiger partial charge on any atom is 0.307 e. The fourth-order valence-corrected chi connectivity index (χ4v) is 1.07. The Morgan fingerprint density at radius 1 is 1.36 bits per heavy atom. The van der Waals surface area contributed by atoms with E-state index in [-0.39, 0.29) is 11.4 Å². The Morgan fingerprint density at radius 2 is 1.79 bits per heavy atom. The van der Waals surface area contributed by atoms with E-state index in [1.165, 1.54) is 0 Å². The molecule has 0 fully saturated rings. The highest BCUT2D eigenvalue weighted by Gasteiger charge is 2.34. The van der Waals surface area contributed by atoms with Crippen LogP contribution in [0.15, 0.2) is 0 Å². The Labute approximate surface area is 113 Å². The fourth-order valence-electron chi connectivity index (χ4n) is 0.657. The summed E-state index contributed by atoms with van der Waals surface area (Å²) in [6.45, 7) is 5.81. The van der Waals surface area contributed by atoms with Gasteiger partial charge in [0.05, 0.1) is 6.42 Å². The Hall–Kier alpha value is 1.07. The largest absolute Gasteiger partial charge is 0.447 e. The smallest absolute Gasteiger partial charge is 0.307 e. The SMILES string of the molecule is CC(C)(C)CC(=O)OC(I)C(Cl)(Cl)Cl. The number of carbonyl (C=O) groups excluding carboxylic acids is 1. The molecule has 0 heterocycles. The van der Waals surface area contributed by atoms with Gasteiger partial charge in [0.2, 0.25) is 3.79 Å². The first-order chi connectivity index (χ1) is 6.02. The van der Waals surface area contributed by atoms with Gasteiger partial charge in [0.15, 0.2) is 4.11 Å². The van der Waals surface area contributed by atoms with Gasteiger partial charge in [-0.3, -0.25) is 4.79 Å². The topological polar surface area (TPSA) is 26.3 Å². The number of carbonyl (C=O) groups is 1. The van der Waals surface area contributed by atoms with Crippen LogP contribution in [0, 0.1) is 5.41 Å². The molecule has 2 nitrogen and oxygen atoms in total. The summed E-state index contributed by atoms with van der Waals surface area (Å²) >= 11 is 18.4. The number of ether oxygens (including phenoxy) is 1. The van der Waals surface area contributed by atoms with E-state index in [9.17, 15) is 4.79 Å². The van der Waals surface area contributed by atoms with E-state index >= 15 is 0 Å². The van der Waals surface area contributed by atoms with Gasteiger partial charge in [-0.25, -0.2) is 0 Å². The summed E-state index contributed by atoms with van der Waals surface area (Å²) in [5.74, 6) is -0.358. The molecule has 0 saturated heterocycles. The summed E-state index contributed by atoms with van der Waals surface area (Å²) < 4.78 is 2.60. The second-order valence-electron chi connectivity index (χ2n) is 4.08. The summed E-state index contributed by atoms with van der Waals surface area (Å²) in [7, 11) is 0. The third-order valence-corrected chi connectivity index (χ3v) is 4.05. The summed E-state index contributed by atoms with van der Waals surface area (Å²) in [5.41, 5.74) is -0.124. The van der Waals surface area contributed by atoms with Crippen molar-refractivity contribution in [3.63, 3.8) is 0 Å². The lowest BCUT2D eigenvalue weighted by Crippen LogP contribution is -2.27. The van der Waals surface area contributed by atoms with Crippen molar-refractivity contribution in [2.24, 2.45) is 5.41 Å². The lowest BCUT2D eigenvalue weighted by atomic mass is 9.93. The van der Waals surface area contributed by atoms with Crippen molar-refractivity contribution in [1.29, 1.82) is 0 Å². The zero-order chi connectivity index (χ0) is 11.6. The quantitative estimate of drug-likeness (QED) is 0.414. The van der Waals surface area contributed by atoms with Crippen LogP contribution in [-0.2, 0) is 9.53 Å². The average molecular weight is 373 g/mol. The van der Waals surface area contributed by atoms with E-state index in [2.05, 4.69) is 0 Å². The van der Waals surface area contributed by atoms with Crippen LogP contribution in [0.3, 0.4) is 0 Å². The van der Waals surface area contributed by atoms with Crippen molar-refractivity contribution >= 4 is 63.4 Å². The number of rotatable bonds is 2. The van der Waals surface area contributed by atoms with Crippen LogP contribution in [0.25, 0.3) is 0 Å². The standard InChI is InChI=1S/C8H12Cl3IO2/c1-7(2,3)4-5(13)14-6(12)8(9,10)11/h6H,4H2,1-3H3. The highest BCUT2D eigenvalue weighted by Crippen LogP contribution is 2.36. The second-order valence-corrected chi connectivity index (χ2v) is 7.59. The average Bonchev–Trinajstić information content (AvgIpc) is 1.79. The van der Waals surface area contributed by atoms with Gasteiger partial charge < -0.3 is 4.74 Å². The molecule has 0 spiro atoms. The van der Waals surface area contributed by atoms with E-state index in [1.54, 1.807) is 22.6 Å². The molecule has 0 aliphatic carbocycles. The maximum atomic E-state index is 11.3. The van der Waals surface area contributed by atoms with Crippen molar-refractivity contribution in [1.82, 2.24) is 0 Å². The molecule has 1 unspecified atom stereocenters. The van der Waals surface area contributed by atoms with Crippen LogP contribution in [0.2, 0.25) is 0 Å². The van der Waals surface area contributed by atoms with E-state index in [0.29, 0.717) is 6.42 Å². The Balaban J connectivity index is 4.09. The van der Waals surface area contributed by atoms with Crippen LogP contribution < -0.4 is 0 Å². The van der Waals surface area contributed by atoms with Crippen molar-refractivity contribution in [3.8, 4) is 0 Å². The maximum absolute atomic E-state index is 11.3. The van der Waals surface area contributed by atoms with Crippen LogP contribution >= 0.6 is 57.4 Å². The number of esters is 1. The molecule has 0 aromatic rings. The van der Waals surface area contributed by atoms with Gasteiger partial charge in [0, 0.05) is 0 Å². The Morgan fingerprint density at radius 3 is 2.07 bits per heavy atom. The Kier molecular flexibility index (Phi) is 5.83. The molecular weight excluding hydrogens is 361 g/mol. The summed E-state index contributed by atoms with van der Waals surface area (Å²) in [6.07, 6.45) is 0.299. The Bertz CT molecular complexity index is 208. The zero-order valence-corrected chi connectivity index (χ0v) is 12.5. The molecule has 0 aromatic carbocycles. The highest BCUT2D eigenvalue weighted by molar-refractivity contribution is 14.1. The molecular formula is C8H12Cl3IO2. The zero-order valence-electron chi connectivity index (χ0n) is 8.11. The van der Waals surface area contributed by atoms with Gasteiger partial charge in [-0.1, -0.05) is 55.6 Å². The van der Waals surface area contributed by atoms with Gasteiger partial charge in [0.25, 0.3) is 0 Å². The highest BCUT2D eigenvalue weighted by atomic mass is 127. The molecule has 0 amide bonds. The van der Waals surface area contributed by atoms with Gasteiger partial charge in [-0.15, -0.1) is 0 Å². The molecule has 0 rings (SSSR count). The van der Waals surface area contributed by atoms with Gasteiger partial charge in [-0.2, -0.15) is 0 Å². The normalized spacial score (nSPS) is 15.1. The molecule has 0 aliphatic heterocycles. The van der Waals surface area contributed by atoms with Crippen molar-refractivity contribution in [2.45, 2.75) is 35.1 Å².